The number of carbonyl (C=O) groups excluding carboxylic acids is 2. The van der Waals surface area contributed by atoms with Crippen molar-refractivity contribution >= 4 is 41.1 Å². The molecule has 2 heterocycles. The highest BCUT2D eigenvalue weighted by Gasteiger charge is 2.52. The van der Waals surface area contributed by atoms with E-state index in [9.17, 15) is 19.7 Å². The minimum Gasteiger partial charge on any atom is -0.456 e. The molecule has 0 spiro atoms. The third kappa shape index (κ3) is 3.35. The Labute approximate surface area is 157 Å². The van der Waals surface area contributed by atoms with E-state index in [2.05, 4.69) is 6.58 Å². The maximum Gasteiger partial charge on any atom is 0.356 e. The largest absolute Gasteiger partial charge is 0.456 e. The number of β-lactam (4-membered cyclic amide) rings is 1. The lowest BCUT2D eigenvalue weighted by atomic mass is 10.1. The van der Waals surface area contributed by atoms with Crippen molar-refractivity contribution in [3.05, 3.63) is 62.5 Å². The van der Waals surface area contributed by atoms with Crippen molar-refractivity contribution in [1.29, 1.82) is 0 Å². The number of non-ortho nitro benzene ring substituents is 1. The summed E-state index contributed by atoms with van der Waals surface area (Å²) < 4.78 is 5.32. The van der Waals surface area contributed by atoms with E-state index >= 15 is 0 Å². The number of hydrogen-bond donors (Lipinski definition) is 1. The average molecular weight is 393 g/mol. The van der Waals surface area contributed by atoms with Crippen LogP contribution in [0.5, 0.6) is 0 Å². The Morgan fingerprint density at radius 2 is 2.19 bits per heavy atom. The Bertz CT molecular complexity index is 809. The van der Waals surface area contributed by atoms with Gasteiger partial charge in [0.2, 0.25) is 5.91 Å². The number of nitro groups is 1. The molecule has 0 radical (unpaired) electrons. The van der Waals surface area contributed by atoms with Gasteiger partial charge in [0.1, 0.15) is 23.7 Å². The van der Waals surface area contributed by atoms with Crippen molar-refractivity contribution in [3.8, 4) is 0 Å². The topological polar surface area (TPSA) is 116 Å². The summed E-state index contributed by atoms with van der Waals surface area (Å²) >= 11 is 2.77. The molecule has 1 amide bonds. The van der Waals surface area contributed by atoms with Gasteiger partial charge in [0, 0.05) is 22.8 Å². The first-order chi connectivity index (χ1) is 12.4. The SMILES string of the molecule is C=CSC1=C(C(=O)OCc2ccc([N+](=O)[O-])cc2)N2C(=O)[C@@H](N)[C@@H]2SC1. The standard InChI is InChI=1S/C16H15N3O5S2/c1-2-25-11-8-26-15-12(17)14(20)18(15)13(11)16(21)24-7-9-3-5-10(6-4-9)19(22)23/h2-6,12,15H,1,7-8,17H2/t12-,15+/m1/s1. The summed E-state index contributed by atoms with van der Waals surface area (Å²) in [5.41, 5.74) is 6.56. The Morgan fingerprint density at radius 1 is 1.50 bits per heavy atom. The number of thioether (sulfide) groups is 2. The lowest BCUT2D eigenvalue weighted by molar-refractivity contribution is -0.384. The molecule has 1 aromatic carbocycles. The number of nitro benzene ring substituents is 1. The van der Waals surface area contributed by atoms with Crippen molar-refractivity contribution in [2.24, 2.45) is 5.73 Å². The summed E-state index contributed by atoms with van der Waals surface area (Å²) in [6.07, 6.45) is 0. The van der Waals surface area contributed by atoms with Gasteiger partial charge in [0.15, 0.2) is 0 Å². The fourth-order valence-electron chi connectivity index (χ4n) is 2.60. The summed E-state index contributed by atoms with van der Waals surface area (Å²) in [4.78, 5) is 36.9. The van der Waals surface area contributed by atoms with Gasteiger partial charge in [-0.2, -0.15) is 0 Å². The molecule has 0 saturated carbocycles. The van der Waals surface area contributed by atoms with Gasteiger partial charge >= 0.3 is 5.97 Å². The van der Waals surface area contributed by atoms with Crippen LogP contribution in [-0.4, -0.2) is 38.9 Å². The number of rotatable bonds is 6. The molecule has 8 nitrogen and oxygen atoms in total. The molecular weight excluding hydrogens is 378 g/mol. The van der Waals surface area contributed by atoms with Gasteiger partial charge in [0.25, 0.3) is 5.69 Å². The summed E-state index contributed by atoms with van der Waals surface area (Å²) in [7, 11) is 0. The normalized spacial score (nSPS) is 21.7. The molecule has 1 saturated heterocycles. The number of carbonyl (C=O) groups is 2. The Kier molecular flexibility index (Phi) is 5.35. The second-order valence-corrected chi connectivity index (χ2v) is 7.66. The summed E-state index contributed by atoms with van der Waals surface area (Å²) in [5, 5.41) is 12.0. The number of nitrogens with zero attached hydrogens (tertiary/aromatic N) is 2. The first-order valence-electron chi connectivity index (χ1n) is 7.55. The summed E-state index contributed by atoms with van der Waals surface area (Å²) in [6.45, 7) is 3.59. The number of fused-ring (bicyclic) bond motifs is 1. The van der Waals surface area contributed by atoms with E-state index in [1.807, 2.05) is 0 Å². The number of ether oxygens (including phenoxy) is 1. The number of benzene rings is 1. The van der Waals surface area contributed by atoms with E-state index in [1.165, 1.54) is 52.7 Å². The van der Waals surface area contributed by atoms with Gasteiger partial charge in [-0.05, 0) is 23.1 Å². The quantitative estimate of drug-likeness (QED) is 0.337. The van der Waals surface area contributed by atoms with E-state index < -0.39 is 16.9 Å². The van der Waals surface area contributed by atoms with Gasteiger partial charge in [-0.1, -0.05) is 18.3 Å². The fraction of sp³-hybridized carbons (Fsp3) is 0.250. The first kappa shape index (κ1) is 18.5. The number of esters is 1. The molecule has 2 N–H and O–H groups in total. The molecular formula is C16H15N3O5S2. The van der Waals surface area contributed by atoms with Crippen molar-refractivity contribution in [2.75, 3.05) is 5.75 Å². The molecule has 2 aliphatic heterocycles. The molecule has 2 aliphatic rings. The zero-order valence-electron chi connectivity index (χ0n) is 13.5. The van der Waals surface area contributed by atoms with E-state index in [4.69, 9.17) is 10.5 Å². The van der Waals surface area contributed by atoms with Crippen molar-refractivity contribution < 1.29 is 19.2 Å². The molecule has 0 aromatic heterocycles. The van der Waals surface area contributed by atoms with Crippen LogP contribution in [0, 0.1) is 10.1 Å². The van der Waals surface area contributed by atoms with Gasteiger partial charge in [-0.3, -0.25) is 19.8 Å². The lowest BCUT2D eigenvalue weighted by Gasteiger charge is -2.48. The second-order valence-electron chi connectivity index (χ2n) is 5.49. The number of amides is 1. The number of nitrogens with two attached hydrogens (primary N) is 1. The highest BCUT2D eigenvalue weighted by molar-refractivity contribution is 8.08. The Morgan fingerprint density at radius 3 is 2.81 bits per heavy atom. The zero-order chi connectivity index (χ0) is 18.8. The molecule has 26 heavy (non-hydrogen) atoms. The van der Waals surface area contributed by atoms with Gasteiger partial charge in [0.05, 0.1) is 4.92 Å². The second kappa shape index (κ2) is 7.52. The molecule has 0 aliphatic carbocycles. The van der Waals surface area contributed by atoms with Crippen molar-refractivity contribution in [2.45, 2.75) is 18.0 Å². The maximum atomic E-state index is 12.6. The molecule has 1 fully saturated rings. The van der Waals surface area contributed by atoms with Crippen LogP contribution in [-0.2, 0) is 20.9 Å². The van der Waals surface area contributed by atoms with Gasteiger partial charge in [-0.25, -0.2) is 4.79 Å². The fourth-order valence-corrected chi connectivity index (χ4v) is 4.71. The van der Waals surface area contributed by atoms with E-state index in [0.717, 1.165) is 0 Å². The summed E-state index contributed by atoms with van der Waals surface area (Å²) in [6, 6.07) is 5.10. The highest BCUT2D eigenvalue weighted by Crippen LogP contribution is 2.43. The Balaban J connectivity index is 1.74. The predicted octanol–water partition coefficient (Wildman–Crippen LogP) is 1.97. The monoisotopic (exact) mass is 393 g/mol. The van der Waals surface area contributed by atoms with Crippen LogP contribution in [0.15, 0.2) is 46.9 Å². The van der Waals surface area contributed by atoms with E-state index in [0.29, 0.717) is 16.2 Å². The van der Waals surface area contributed by atoms with Crippen LogP contribution < -0.4 is 5.73 Å². The van der Waals surface area contributed by atoms with Crippen LogP contribution in [0.2, 0.25) is 0 Å². The Hall–Kier alpha value is -2.30. The molecule has 3 rings (SSSR count). The molecule has 136 valence electrons. The summed E-state index contributed by atoms with van der Waals surface area (Å²) in [5.74, 6) is -0.397. The van der Waals surface area contributed by atoms with Crippen molar-refractivity contribution in [3.63, 3.8) is 0 Å². The van der Waals surface area contributed by atoms with Crippen molar-refractivity contribution in [1.82, 2.24) is 4.90 Å². The zero-order valence-corrected chi connectivity index (χ0v) is 15.1. The van der Waals surface area contributed by atoms with Crippen LogP contribution in [0.3, 0.4) is 0 Å². The highest BCUT2D eigenvalue weighted by atomic mass is 32.2. The van der Waals surface area contributed by atoms with Crippen LogP contribution in [0.25, 0.3) is 0 Å². The minimum atomic E-state index is -0.627. The van der Waals surface area contributed by atoms with E-state index in [1.54, 1.807) is 5.41 Å². The molecule has 10 heteroatoms. The molecule has 0 bridgehead atoms. The smallest absolute Gasteiger partial charge is 0.356 e. The van der Waals surface area contributed by atoms with Crippen LogP contribution in [0.4, 0.5) is 5.69 Å². The molecule has 0 unspecified atom stereocenters. The van der Waals surface area contributed by atoms with Gasteiger partial charge < -0.3 is 10.5 Å². The van der Waals surface area contributed by atoms with Crippen LogP contribution in [0.1, 0.15) is 5.56 Å². The average Bonchev–Trinajstić information content (AvgIpc) is 2.65. The first-order valence-corrected chi connectivity index (χ1v) is 9.48. The lowest BCUT2D eigenvalue weighted by Crippen LogP contribution is -2.68. The van der Waals surface area contributed by atoms with Gasteiger partial charge in [-0.15, -0.1) is 11.8 Å². The van der Waals surface area contributed by atoms with Crippen LogP contribution >= 0.6 is 23.5 Å². The predicted molar refractivity (Wildman–Crippen MR) is 98.8 cm³/mol. The molecule has 1 aromatic rings. The number of hydrogen-bond acceptors (Lipinski definition) is 8. The maximum absolute atomic E-state index is 12.6. The minimum absolute atomic E-state index is 0.0419. The molecule has 2 atom stereocenters. The third-order valence-electron chi connectivity index (χ3n) is 3.91. The third-order valence-corrected chi connectivity index (χ3v) is 6.18. The van der Waals surface area contributed by atoms with E-state index in [-0.39, 0.29) is 29.3 Å².